The lowest BCUT2D eigenvalue weighted by atomic mass is 10.1. The Morgan fingerprint density at radius 2 is 2.00 bits per heavy atom. The van der Waals surface area contributed by atoms with Crippen molar-refractivity contribution in [2.75, 3.05) is 0 Å². The molecule has 2 aromatic rings. The molecule has 0 fully saturated rings. The molecule has 0 saturated carbocycles. The Morgan fingerprint density at radius 1 is 1.15 bits per heavy atom. The molecule has 4 rings (SSSR count). The number of fused-ring (bicyclic) bond motifs is 3. The third kappa shape index (κ3) is 1.79. The number of aliphatic imine (C=N–C) groups is 1. The number of benzene rings is 2. The van der Waals surface area contributed by atoms with E-state index < -0.39 is 0 Å². The Balaban J connectivity index is 1.76. The Bertz CT molecular complexity index is 723. The van der Waals surface area contributed by atoms with Crippen molar-refractivity contribution in [1.82, 2.24) is 0 Å². The second kappa shape index (κ2) is 4.58. The number of ether oxygens (including phenoxy) is 1. The SMILES string of the molecule is Cc1cccc(C2=N[C@H]3c4ccccc4C[C@H]3O2)c1I. The Labute approximate surface area is 132 Å². The molecule has 0 unspecified atom stereocenters. The summed E-state index contributed by atoms with van der Waals surface area (Å²) in [5.74, 6) is 0.808. The summed E-state index contributed by atoms with van der Waals surface area (Å²) in [5, 5.41) is 0. The quantitative estimate of drug-likeness (QED) is 0.690. The lowest BCUT2D eigenvalue weighted by molar-refractivity contribution is 0.206. The maximum absolute atomic E-state index is 6.13. The predicted octanol–water partition coefficient (Wildman–Crippen LogP) is 4.04. The van der Waals surface area contributed by atoms with E-state index in [1.165, 1.54) is 20.3 Å². The molecule has 0 amide bonds. The third-order valence-electron chi connectivity index (χ3n) is 4.09. The topological polar surface area (TPSA) is 21.6 Å². The van der Waals surface area contributed by atoms with Crippen molar-refractivity contribution >= 4 is 28.5 Å². The highest BCUT2D eigenvalue weighted by molar-refractivity contribution is 14.1. The van der Waals surface area contributed by atoms with Crippen LogP contribution in [0.3, 0.4) is 0 Å². The van der Waals surface area contributed by atoms with E-state index in [0.29, 0.717) is 0 Å². The number of nitrogens with zero attached hydrogens (tertiary/aromatic N) is 1. The molecule has 1 aliphatic heterocycles. The molecule has 1 heterocycles. The highest BCUT2D eigenvalue weighted by atomic mass is 127. The van der Waals surface area contributed by atoms with E-state index in [0.717, 1.165) is 17.9 Å². The number of rotatable bonds is 1. The van der Waals surface area contributed by atoms with Gasteiger partial charge in [0.2, 0.25) is 5.90 Å². The summed E-state index contributed by atoms with van der Waals surface area (Å²) in [6.07, 6.45) is 1.15. The first-order valence-electron chi connectivity index (χ1n) is 6.82. The first-order chi connectivity index (χ1) is 9.74. The predicted molar refractivity (Wildman–Crippen MR) is 88.2 cm³/mol. The van der Waals surface area contributed by atoms with Gasteiger partial charge in [-0.2, -0.15) is 0 Å². The maximum Gasteiger partial charge on any atom is 0.218 e. The molecule has 0 bridgehead atoms. The lowest BCUT2D eigenvalue weighted by Crippen LogP contribution is -2.14. The van der Waals surface area contributed by atoms with Gasteiger partial charge < -0.3 is 4.74 Å². The van der Waals surface area contributed by atoms with Crippen LogP contribution in [0.15, 0.2) is 47.5 Å². The summed E-state index contributed by atoms with van der Waals surface area (Å²) >= 11 is 2.38. The average molecular weight is 375 g/mol. The molecule has 0 radical (unpaired) electrons. The van der Waals surface area contributed by atoms with Gasteiger partial charge in [-0.3, -0.25) is 0 Å². The first kappa shape index (κ1) is 12.4. The fourth-order valence-corrected chi connectivity index (χ4v) is 3.63. The minimum atomic E-state index is 0.178. The first-order valence-corrected chi connectivity index (χ1v) is 7.89. The van der Waals surface area contributed by atoms with Gasteiger partial charge in [0.1, 0.15) is 12.1 Å². The summed E-state index contributed by atoms with van der Waals surface area (Å²) in [4.78, 5) is 4.85. The van der Waals surface area contributed by atoms with Crippen LogP contribution >= 0.6 is 22.6 Å². The fraction of sp³-hybridized carbons (Fsp3) is 0.235. The van der Waals surface area contributed by atoms with Crippen molar-refractivity contribution in [2.45, 2.75) is 25.5 Å². The van der Waals surface area contributed by atoms with E-state index >= 15 is 0 Å². The van der Waals surface area contributed by atoms with Gasteiger partial charge in [0, 0.05) is 15.6 Å². The molecule has 0 aromatic heterocycles. The zero-order valence-corrected chi connectivity index (χ0v) is 13.3. The van der Waals surface area contributed by atoms with Crippen LogP contribution in [0.1, 0.15) is 28.3 Å². The van der Waals surface area contributed by atoms with Gasteiger partial charge >= 0.3 is 0 Å². The standard InChI is InChI=1S/C17H14INO/c1-10-5-4-8-13(15(10)18)17-19-16-12-7-3-2-6-11(12)9-14(16)20-17/h2-8,14,16H,9H2,1H3/t14-,16+/m1/s1. The highest BCUT2D eigenvalue weighted by Crippen LogP contribution is 2.41. The van der Waals surface area contributed by atoms with Gasteiger partial charge in [0.05, 0.1) is 0 Å². The summed E-state index contributed by atoms with van der Waals surface area (Å²) < 4.78 is 7.37. The average Bonchev–Trinajstić information content (AvgIpc) is 2.99. The number of hydrogen-bond acceptors (Lipinski definition) is 2. The van der Waals surface area contributed by atoms with Crippen molar-refractivity contribution in [2.24, 2.45) is 4.99 Å². The summed E-state index contributed by atoms with van der Waals surface area (Å²) in [7, 11) is 0. The van der Waals surface area contributed by atoms with Crippen molar-refractivity contribution in [3.8, 4) is 0 Å². The van der Waals surface area contributed by atoms with Gasteiger partial charge in [-0.1, -0.05) is 36.4 Å². The monoisotopic (exact) mass is 375 g/mol. The van der Waals surface area contributed by atoms with E-state index in [2.05, 4.69) is 72.0 Å². The second-order valence-electron chi connectivity index (χ2n) is 5.37. The second-order valence-corrected chi connectivity index (χ2v) is 6.45. The Hall–Kier alpha value is -1.36. The van der Waals surface area contributed by atoms with Gasteiger partial charge in [0.25, 0.3) is 0 Å². The minimum absolute atomic E-state index is 0.178. The minimum Gasteiger partial charge on any atom is -0.471 e. The van der Waals surface area contributed by atoms with E-state index in [-0.39, 0.29) is 12.1 Å². The van der Waals surface area contributed by atoms with Crippen LogP contribution in [-0.2, 0) is 11.2 Å². The normalized spacial score (nSPS) is 23.0. The van der Waals surface area contributed by atoms with E-state index in [9.17, 15) is 0 Å². The smallest absolute Gasteiger partial charge is 0.218 e. The third-order valence-corrected chi connectivity index (χ3v) is 5.52. The van der Waals surface area contributed by atoms with E-state index in [1.807, 2.05) is 0 Å². The number of aryl methyl sites for hydroxylation is 1. The zero-order chi connectivity index (χ0) is 13.7. The zero-order valence-electron chi connectivity index (χ0n) is 11.1. The van der Waals surface area contributed by atoms with Crippen LogP contribution in [-0.4, -0.2) is 12.0 Å². The van der Waals surface area contributed by atoms with Crippen molar-refractivity contribution in [1.29, 1.82) is 0 Å². The number of hydrogen-bond donors (Lipinski definition) is 0. The van der Waals surface area contributed by atoms with Crippen molar-refractivity contribution in [3.05, 3.63) is 68.3 Å². The van der Waals surface area contributed by atoms with Crippen LogP contribution in [0, 0.1) is 10.5 Å². The molecule has 0 saturated heterocycles. The summed E-state index contributed by atoms with van der Waals surface area (Å²) in [6, 6.07) is 15.0. The largest absolute Gasteiger partial charge is 0.471 e. The highest BCUT2D eigenvalue weighted by Gasteiger charge is 2.39. The molecule has 100 valence electrons. The van der Waals surface area contributed by atoms with Gasteiger partial charge in [-0.25, -0.2) is 4.99 Å². The molecule has 2 atom stereocenters. The molecule has 2 aliphatic rings. The maximum atomic E-state index is 6.13. The molecular formula is C17H14INO. The molecule has 0 N–H and O–H groups in total. The van der Waals surface area contributed by atoms with Crippen LogP contribution in [0.2, 0.25) is 0 Å². The molecule has 3 heteroatoms. The van der Waals surface area contributed by atoms with E-state index in [1.54, 1.807) is 0 Å². The molecule has 1 aliphatic carbocycles. The van der Waals surface area contributed by atoms with Gasteiger partial charge in [-0.15, -0.1) is 0 Å². The van der Waals surface area contributed by atoms with Crippen LogP contribution in [0.5, 0.6) is 0 Å². The number of halogens is 1. The van der Waals surface area contributed by atoms with Crippen molar-refractivity contribution < 1.29 is 4.74 Å². The fourth-order valence-electron chi connectivity index (χ4n) is 3.04. The lowest BCUT2D eigenvalue weighted by Gasteiger charge is -2.10. The molecule has 2 aromatic carbocycles. The molecule has 0 spiro atoms. The van der Waals surface area contributed by atoms with Crippen molar-refractivity contribution in [3.63, 3.8) is 0 Å². The van der Waals surface area contributed by atoms with E-state index in [4.69, 9.17) is 9.73 Å². The Kier molecular flexibility index (Phi) is 2.84. The Morgan fingerprint density at radius 3 is 2.90 bits per heavy atom. The molecular weight excluding hydrogens is 361 g/mol. The molecule has 20 heavy (non-hydrogen) atoms. The van der Waals surface area contributed by atoms with Gasteiger partial charge in [-0.05, 0) is 52.3 Å². The summed E-state index contributed by atoms with van der Waals surface area (Å²) in [5.41, 5.74) is 5.10. The van der Waals surface area contributed by atoms with Gasteiger partial charge in [0.15, 0.2) is 0 Å². The van der Waals surface area contributed by atoms with Crippen LogP contribution in [0.25, 0.3) is 0 Å². The van der Waals surface area contributed by atoms with Crippen LogP contribution in [0.4, 0.5) is 0 Å². The molecule has 2 nitrogen and oxygen atoms in total. The van der Waals surface area contributed by atoms with Crippen LogP contribution < -0.4 is 0 Å². The summed E-state index contributed by atoms with van der Waals surface area (Å²) in [6.45, 7) is 2.12.